The summed E-state index contributed by atoms with van der Waals surface area (Å²) in [6.45, 7) is 1.13. The first-order valence-corrected chi connectivity index (χ1v) is 4.23. The molecule has 4 nitrogen and oxygen atoms in total. The number of rotatable bonds is 1. The van der Waals surface area contributed by atoms with Crippen LogP contribution in [0.4, 0.5) is 0 Å². The van der Waals surface area contributed by atoms with Crippen molar-refractivity contribution in [1.82, 2.24) is 4.98 Å². The molecular weight excluding hydrogens is 194 g/mol. The maximum Gasteiger partial charge on any atom is 0.185 e. The zero-order chi connectivity index (χ0) is 9.26. The average Bonchev–Trinajstić information content (AvgIpc) is 2.62. The summed E-state index contributed by atoms with van der Waals surface area (Å²) < 4.78 is 10.4. The van der Waals surface area contributed by atoms with E-state index in [-0.39, 0.29) is 10.9 Å². The molecule has 0 saturated carbocycles. The van der Waals surface area contributed by atoms with Crippen molar-refractivity contribution in [2.75, 3.05) is 13.2 Å². The Hall–Kier alpha value is -0.840. The van der Waals surface area contributed by atoms with Gasteiger partial charge in [0.25, 0.3) is 0 Å². The highest BCUT2D eigenvalue weighted by molar-refractivity contribution is 6.30. The van der Waals surface area contributed by atoms with Gasteiger partial charge in [0.1, 0.15) is 0 Å². The Morgan fingerprint density at radius 3 is 2.77 bits per heavy atom. The number of hydrogen-bond acceptors (Lipinski definition) is 4. The van der Waals surface area contributed by atoms with E-state index < -0.39 is 6.29 Å². The normalized spacial score (nSPS) is 17.9. The van der Waals surface area contributed by atoms with Gasteiger partial charge in [-0.25, -0.2) is 4.98 Å². The molecule has 5 heteroatoms. The predicted octanol–water partition coefficient (Wildman–Crippen LogP) is 1.49. The van der Waals surface area contributed by atoms with Gasteiger partial charge < -0.3 is 14.6 Å². The van der Waals surface area contributed by atoms with Crippen molar-refractivity contribution in [2.45, 2.75) is 6.29 Å². The van der Waals surface area contributed by atoms with Crippen molar-refractivity contribution in [1.29, 1.82) is 0 Å². The molecule has 2 heterocycles. The largest absolute Gasteiger partial charge is 0.505 e. The van der Waals surface area contributed by atoms with Crippen molar-refractivity contribution >= 4 is 11.6 Å². The molecule has 1 N–H and O–H groups in total. The van der Waals surface area contributed by atoms with Crippen molar-refractivity contribution in [2.24, 2.45) is 0 Å². The van der Waals surface area contributed by atoms with E-state index in [2.05, 4.69) is 4.98 Å². The summed E-state index contributed by atoms with van der Waals surface area (Å²) in [7, 11) is 0. The van der Waals surface area contributed by atoms with Gasteiger partial charge in [-0.15, -0.1) is 0 Å². The van der Waals surface area contributed by atoms with Crippen LogP contribution in [0.15, 0.2) is 12.3 Å². The lowest BCUT2D eigenvalue weighted by molar-refractivity contribution is -0.0444. The van der Waals surface area contributed by atoms with Crippen LogP contribution in [0.1, 0.15) is 11.9 Å². The van der Waals surface area contributed by atoms with Crippen LogP contribution in [0.5, 0.6) is 5.75 Å². The Morgan fingerprint density at radius 1 is 1.46 bits per heavy atom. The first-order chi connectivity index (χ1) is 6.27. The fourth-order valence-electron chi connectivity index (χ4n) is 1.13. The van der Waals surface area contributed by atoms with Gasteiger partial charge in [0.15, 0.2) is 17.2 Å². The summed E-state index contributed by atoms with van der Waals surface area (Å²) in [5.41, 5.74) is 0.680. The van der Waals surface area contributed by atoms with Gasteiger partial charge in [-0.3, -0.25) is 0 Å². The van der Waals surface area contributed by atoms with Crippen LogP contribution in [-0.2, 0) is 9.47 Å². The van der Waals surface area contributed by atoms with Crippen molar-refractivity contribution in [3.63, 3.8) is 0 Å². The molecule has 2 rings (SSSR count). The molecule has 13 heavy (non-hydrogen) atoms. The molecule has 1 saturated heterocycles. The molecule has 0 spiro atoms. The van der Waals surface area contributed by atoms with E-state index in [1.807, 2.05) is 0 Å². The zero-order valence-electron chi connectivity index (χ0n) is 6.74. The Bertz CT molecular complexity index is 312. The highest BCUT2D eigenvalue weighted by atomic mass is 35.5. The highest BCUT2D eigenvalue weighted by Crippen LogP contribution is 2.28. The molecule has 0 atom stereocenters. The highest BCUT2D eigenvalue weighted by Gasteiger charge is 2.19. The summed E-state index contributed by atoms with van der Waals surface area (Å²) in [5, 5.41) is 9.34. The van der Waals surface area contributed by atoms with Crippen LogP contribution in [0.25, 0.3) is 0 Å². The Kier molecular flexibility index (Phi) is 2.35. The fraction of sp³-hybridized carbons (Fsp3) is 0.375. The standard InChI is InChI=1S/C8H8ClNO3/c9-7-6(11)3-5(4-10-7)8-12-1-2-13-8/h3-4,8,11H,1-2H2. The third-order valence-corrected chi connectivity index (χ3v) is 2.03. The van der Waals surface area contributed by atoms with Crippen LogP contribution in [-0.4, -0.2) is 23.3 Å². The van der Waals surface area contributed by atoms with Gasteiger partial charge in [-0.2, -0.15) is 0 Å². The van der Waals surface area contributed by atoms with Crippen LogP contribution in [0, 0.1) is 0 Å². The molecule has 1 aromatic heterocycles. The van der Waals surface area contributed by atoms with E-state index in [9.17, 15) is 5.11 Å². The van der Waals surface area contributed by atoms with E-state index in [0.717, 1.165) is 0 Å². The monoisotopic (exact) mass is 201 g/mol. The molecular formula is C8H8ClNO3. The number of aromatic nitrogens is 1. The van der Waals surface area contributed by atoms with Gasteiger partial charge in [0.2, 0.25) is 0 Å². The smallest absolute Gasteiger partial charge is 0.185 e. The molecule has 0 amide bonds. The number of nitrogens with zero attached hydrogens (tertiary/aromatic N) is 1. The molecule has 0 radical (unpaired) electrons. The van der Waals surface area contributed by atoms with E-state index in [4.69, 9.17) is 21.1 Å². The summed E-state index contributed by atoms with van der Waals surface area (Å²) in [6, 6.07) is 1.49. The summed E-state index contributed by atoms with van der Waals surface area (Å²) in [4.78, 5) is 3.78. The van der Waals surface area contributed by atoms with Crippen LogP contribution < -0.4 is 0 Å². The van der Waals surface area contributed by atoms with Crippen LogP contribution in [0.2, 0.25) is 5.15 Å². The predicted molar refractivity (Wildman–Crippen MR) is 45.6 cm³/mol. The molecule has 70 valence electrons. The average molecular weight is 202 g/mol. The summed E-state index contributed by atoms with van der Waals surface area (Å²) in [5.74, 6) is -0.0572. The van der Waals surface area contributed by atoms with Gasteiger partial charge in [-0.1, -0.05) is 11.6 Å². The van der Waals surface area contributed by atoms with Crippen molar-refractivity contribution in [3.8, 4) is 5.75 Å². The minimum absolute atomic E-state index is 0.0572. The summed E-state index contributed by atoms with van der Waals surface area (Å²) in [6.07, 6.45) is 1.11. The fourth-order valence-corrected chi connectivity index (χ4v) is 1.24. The lowest BCUT2D eigenvalue weighted by atomic mass is 10.3. The topological polar surface area (TPSA) is 51.6 Å². The number of aromatic hydroxyl groups is 1. The van der Waals surface area contributed by atoms with Gasteiger partial charge in [0.05, 0.1) is 13.2 Å². The SMILES string of the molecule is Oc1cc(C2OCCO2)cnc1Cl. The van der Waals surface area contributed by atoms with E-state index in [1.54, 1.807) is 0 Å². The second-order valence-corrected chi connectivity index (χ2v) is 3.01. The van der Waals surface area contributed by atoms with Crippen LogP contribution >= 0.6 is 11.6 Å². The first-order valence-electron chi connectivity index (χ1n) is 3.85. The minimum Gasteiger partial charge on any atom is -0.505 e. The first kappa shape index (κ1) is 8.74. The maximum absolute atomic E-state index is 9.25. The molecule has 1 fully saturated rings. The number of ether oxygens (including phenoxy) is 2. The third-order valence-electron chi connectivity index (χ3n) is 1.74. The molecule has 0 bridgehead atoms. The summed E-state index contributed by atoms with van der Waals surface area (Å²) >= 11 is 5.54. The molecule has 0 aliphatic carbocycles. The quantitative estimate of drug-likeness (QED) is 0.700. The zero-order valence-corrected chi connectivity index (χ0v) is 7.49. The number of hydrogen-bond donors (Lipinski definition) is 1. The number of halogens is 1. The van der Waals surface area contributed by atoms with Crippen molar-refractivity contribution in [3.05, 3.63) is 23.0 Å². The molecule has 1 aliphatic heterocycles. The van der Waals surface area contributed by atoms with Gasteiger partial charge >= 0.3 is 0 Å². The Morgan fingerprint density at radius 2 is 2.15 bits per heavy atom. The lowest BCUT2D eigenvalue weighted by Crippen LogP contribution is -1.98. The lowest BCUT2D eigenvalue weighted by Gasteiger charge is -2.08. The van der Waals surface area contributed by atoms with E-state index >= 15 is 0 Å². The van der Waals surface area contributed by atoms with Crippen molar-refractivity contribution < 1.29 is 14.6 Å². The second-order valence-electron chi connectivity index (χ2n) is 2.65. The maximum atomic E-state index is 9.25. The third kappa shape index (κ3) is 1.75. The number of pyridine rings is 1. The molecule has 1 aliphatic rings. The second kappa shape index (κ2) is 3.49. The minimum atomic E-state index is -0.421. The molecule has 1 aromatic rings. The van der Waals surface area contributed by atoms with Gasteiger partial charge in [0, 0.05) is 11.8 Å². The molecule has 0 aromatic carbocycles. The van der Waals surface area contributed by atoms with Crippen LogP contribution in [0.3, 0.4) is 0 Å². The van der Waals surface area contributed by atoms with E-state index in [0.29, 0.717) is 18.8 Å². The van der Waals surface area contributed by atoms with Gasteiger partial charge in [-0.05, 0) is 6.07 Å². The van der Waals surface area contributed by atoms with E-state index in [1.165, 1.54) is 12.3 Å². The Labute approximate surface area is 80.1 Å². The Balaban J connectivity index is 2.25. The molecule has 0 unspecified atom stereocenters.